The number of aliphatic hydroxyl groups excluding tert-OH is 1. The number of ether oxygens (including phenoxy) is 1. The third-order valence-corrected chi connectivity index (χ3v) is 7.42. The van der Waals surface area contributed by atoms with Crippen LogP contribution >= 0.6 is 0 Å². The molecule has 200 valence electrons. The van der Waals surface area contributed by atoms with Crippen LogP contribution in [0.2, 0.25) is 0 Å². The summed E-state index contributed by atoms with van der Waals surface area (Å²) in [5.41, 5.74) is 5.58. The molecule has 0 spiro atoms. The molecule has 1 fully saturated rings. The largest absolute Gasteiger partial charge is 0.478 e. The van der Waals surface area contributed by atoms with E-state index in [1.54, 1.807) is 0 Å². The molecule has 3 heterocycles. The number of hydrogen-bond donors (Lipinski definition) is 3. The number of furan rings is 1. The van der Waals surface area contributed by atoms with E-state index in [1.807, 2.05) is 39.0 Å². The number of anilines is 2. The van der Waals surface area contributed by atoms with E-state index in [-0.39, 0.29) is 18.7 Å². The van der Waals surface area contributed by atoms with Crippen LogP contribution < -0.4 is 15.4 Å². The number of pyridine rings is 1. The van der Waals surface area contributed by atoms with Gasteiger partial charge in [-0.15, -0.1) is 0 Å². The third kappa shape index (κ3) is 5.31. The number of rotatable bonds is 9. The second-order valence-electron chi connectivity index (χ2n) is 10.3. The molecule has 1 aliphatic rings. The van der Waals surface area contributed by atoms with Gasteiger partial charge in [-0.05, 0) is 77.0 Å². The molecule has 0 radical (unpaired) electrons. The smallest absolute Gasteiger partial charge is 0.225 e. The van der Waals surface area contributed by atoms with Gasteiger partial charge in [0.1, 0.15) is 11.6 Å². The Balaban J connectivity index is 1.54. The number of aromatic nitrogens is 3. The summed E-state index contributed by atoms with van der Waals surface area (Å²) < 4.78 is 12.0. The lowest BCUT2D eigenvalue weighted by Crippen LogP contribution is -2.19. The summed E-state index contributed by atoms with van der Waals surface area (Å²) in [6, 6.07) is 12.5. The molecule has 0 aliphatic heterocycles. The molecule has 2 unspecified atom stereocenters. The van der Waals surface area contributed by atoms with E-state index >= 15 is 0 Å². The predicted octanol–water partition coefficient (Wildman–Crippen LogP) is 6.35. The van der Waals surface area contributed by atoms with Gasteiger partial charge in [0.25, 0.3) is 0 Å². The zero-order valence-electron chi connectivity index (χ0n) is 22.8. The van der Waals surface area contributed by atoms with Crippen LogP contribution in [0.1, 0.15) is 61.7 Å². The second kappa shape index (κ2) is 11.0. The number of nitrogens with zero attached hydrogens (tertiary/aromatic N) is 3. The van der Waals surface area contributed by atoms with Gasteiger partial charge >= 0.3 is 0 Å². The highest BCUT2D eigenvalue weighted by atomic mass is 16.5. The van der Waals surface area contributed by atoms with Gasteiger partial charge in [0.2, 0.25) is 11.8 Å². The minimum atomic E-state index is 0.0384. The molecule has 0 saturated heterocycles. The summed E-state index contributed by atoms with van der Waals surface area (Å²) in [7, 11) is 0. The normalized spacial score (nSPS) is 18.1. The zero-order valence-corrected chi connectivity index (χ0v) is 22.8. The quantitative estimate of drug-likeness (QED) is 0.237. The van der Waals surface area contributed by atoms with Gasteiger partial charge in [-0.25, -0.2) is 9.97 Å². The molecule has 3 N–H and O–H groups in total. The molecule has 8 heteroatoms. The van der Waals surface area contributed by atoms with Crippen molar-refractivity contribution < 1.29 is 14.3 Å². The molecule has 1 saturated carbocycles. The van der Waals surface area contributed by atoms with Gasteiger partial charge in [-0.2, -0.15) is 4.98 Å². The Hall–Kier alpha value is -3.65. The fourth-order valence-electron chi connectivity index (χ4n) is 5.47. The summed E-state index contributed by atoms with van der Waals surface area (Å²) in [6.45, 7) is 10.9. The van der Waals surface area contributed by atoms with E-state index in [0.29, 0.717) is 30.1 Å². The molecule has 1 aromatic carbocycles. The first-order valence-electron chi connectivity index (χ1n) is 13.5. The third-order valence-electron chi connectivity index (χ3n) is 7.42. The summed E-state index contributed by atoms with van der Waals surface area (Å²) in [4.78, 5) is 14.3. The van der Waals surface area contributed by atoms with E-state index < -0.39 is 0 Å². The van der Waals surface area contributed by atoms with Gasteiger partial charge in [0.05, 0.1) is 29.6 Å². The highest BCUT2D eigenvalue weighted by Gasteiger charge is 2.27. The van der Waals surface area contributed by atoms with Crippen LogP contribution in [0.15, 0.2) is 40.8 Å². The van der Waals surface area contributed by atoms with Gasteiger partial charge in [0.15, 0.2) is 5.58 Å². The molecule has 0 bridgehead atoms. The Morgan fingerprint density at radius 2 is 1.89 bits per heavy atom. The van der Waals surface area contributed by atoms with E-state index in [2.05, 4.69) is 47.7 Å². The van der Waals surface area contributed by atoms with Crippen LogP contribution in [0.3, 0.4) is 0 Å². The molecule has 3 atom stereocenters. The monoisotopic (exact) mass is 515 g/mol. The molecule has 3 aromatic heterocycles. The highest BCUT2D eigenvalue weighted by molar-refractivity contribution is 5.88. The fraction of sp³-hybridized carbons (Fsp3) is 0.433. The van der Waals surface area contributed by atoms with Crippen molar-refractivity contribution in [1.82, 2.24) is 15.0 Å². The molecule has 4 aromatic rings. The average molecular weight is 516 g/mol. The lowest BCUT2D eigenvalue weighted by molar-refractivity contribution is 0.229. The second-order valence-corrected chi connectivity index (χ2v) is 10.3. The Labute approximate surface area is 223 Å². The number of aliphatic hydroxyl groups is 1. The lowest BCUT2D eigenvalue weighted by Gasteiger charge is -2.21. The van der Waals surface area contributed by atoms with Crippen molar-refractivity contribution in [2.45, 2.75) is 66.0 Å². The summed E-state index contributed by atoms with van der Waals surface area (Å²) in [6.07, 6.45) is 2.89. The molecule has 1 aliphatic carbocycles. The maximum Gasteiger partial charge on any atom is 0.225 e. The maximum absolute atomic E-state index is 9.67. The standard InChI is InChI=1S/C30H37N5O3/c1-6-37-26-15-22-14-25(38-28(22)20(5)31-26)27-19(4)33-30(32-18(3)24-10-8-7-9-17(24)2)35-29(27)34-23-12-11-21(13-23)16-36/h7-10,14-15,18,21,23,36H,6,11-13,16H2,1-5H3,(H2,32,33,34,35)/t18-,21?,23?/m1/s1. The van der Waals surface area contributed by atoms with Crippen LogP contribution in [0.5, 0.6) is 5.88 Å². The number of benzene rings is 1. The van der Waals surface area contributed by atoms with Crippen molar-refractivity contribution in [2.24, 2.45) is 5.92 Å². The Morgan fingerprint density at radius 3 is 2.63 bits per heavy atom. The average Bonchev–Trinajstić information content (AvgIpc) is 3.51. The van der Waals surface area contributed by atoms with Gasteiger partial charge in [-0.1, -0.05) is 24.3 Å². The summed E-state index contributed by atoms with van der Waals surface area (Å²) >= 11 is 0. The van der Waals surface area contributed by atoms with E-state index in [1.165, 1.54) is 11.1 Å². The number of hydrogen-bond acceptors (Lipinski definition) is 8. The van der Waals surface area contributed by atoms with Crippen LogP contribution in [-0.2, 0) is 0 Å². The molecular formula is C30H37N5O3. The van der Waals surface area contributed by atoms with E-state index in [9.17, 15) is 5.11 Å². The molecular weight excluding hydrogens is 478 g/mol. The molecule has 38 heavy (non-hydrogen) atoms. The Morgan fingerprint density at radius 1 is 1.08 bits per heavy atom. The molecule has 8 nitrogen and oxygen atoms in total. The summed E-state index contributed by atoms with van der Waals surface area (Å²) in [5.74, 6) is 2.88. The van der Waals surface area contributed by atoms with Crippen LogP contribution in [0, 0.1) is 26.7 Å². The van der Waals surface area contributed by atoms with Gasteiger partial charge < -0.3 is 24.9 Å². The lowest BCUT2D eigenvalue weighted by atomic mass is 10.0. The maximum atomic E-state index is 9.67. The minimum absolute atomic E-state index is 0.0384. The van der Waals surface area contributed by atoms with Gasteiger partial charge in [0, 0.05) is 24.1 Å². The topological polar surface area (TPSA) is 105 Å². The first-order valence-corrected chi connectivity index (χ1v) is 13.5. The first-order chi connectivity index (χ1) is 18.4. The fourth-order valence-corrected chi connectivity index (χ4v) is 5.47. The van der Waals surface area contributed by atoms with Crippen molar-refractivity contribution >= 4 is 22.7 Å². The van der Waals surface area contributed by atoms with Crippen LogP contribution in [0.4, 0.5) is 11.8 Å². The minimum Gasteiger partial charge on any atom is -0.478 e. The van der Waals surface area contributed by atoms with Crippen molar-refractivity contribution in [2.75, 3.05) is 23.8 Å². The Bertz CT molecular complexity index is 1430. The SMILES string of the molecule is CCOc1cc2cc(-c3c(C)nc(N[C@H](C)c4ccccc4C)nc3NC3CCC(CO)C3)oc2c(C)n1. The van der Waals surface area contributed by atoms with Gasteiger partial charge in [-0.3, -0.25) is 0 Å². The zero-order chi connectivity index (χ0) is 26.8. The predicted molar refractivity (Wildman–Crippen MR) is 151 cm³/mol. The van der Waals surface area contributed by atoms with E-state index in [0.717, 1.165) is 53.0 Å². The summed E-state index contributed by atoms with van der Waals surface area (Å²) in [5, 5.41) is 17.8. The van der Waals surface area contributed by atoms with E-state index in [4.69, 9.17) is 19.1 Å². The Kier molecular flexibility index (Phi) is 7.51. The van der Waals surface area contributed by atoms with Crippen LogP contribution in [-0.4, -0.2) is 39.3 Å². The van der Waals surface area contributed by atoms with Crippen molar-refractivity contribution in [1.29, 1.82) is 0 Å². The number of nitrogens with one attached hydrogen (secondary N) is 2. The van der Waals surface area contributed by atoms with Crippen molar-refractivity contribution in [3.05, 3.63) is 58.9 Å². The number of aryl methyl sites for hydroxylation is 3. The van der Waals surface area contributed by atoms with Crippen molar-refractivity contribution in [3.8, 4) is 17.2 Å². The first kappa shape index (κ1) is 26.0. The molecule has 5 rings (SSSR count). The van der Waals surface area contributed by atoms with Crippen LogP contribution in [0.25, 0.3) is 22.3 Å². The van der Waals surface area contributed by atoms with Crippen molar-refractivity contribution in [3.63, 3.8) is 0 Å². The molecule has 0 amide bonds. The highest BCUT2D eigenvalue weighted by Crippen LogP contribution is 2.38. The number of fused-ring (bicyclic) bond motifs is 1.